The highest BCUT2D eigenvalue weighted by atomic mass is 16.7. The Balaban J connectivity index is 1.55. The van der Waals surface area contributed by atoms with Gasteiger partial charge in [0.15, 0.2) is 12.4 Å². The molecule has 36 heavy (non-hydrogen) atoms. The lowest BCUT2D eigenvalue weighted by Crippen LogP contribution is -2.59. The molecule has 2 heterocycles. The highest BCUT2D eigenvalue weighted by molar-refractivity contribution is 5.92. The molecule has 0 bridgehead atoms. The summed E-state index contributed by atoms with van der Waals surface area (Å²) in [5.41, 5.74) is 1.48. The molecule has 11 nitrogen and oxygen atoms in total. The van der Waals surface area contributed by atoms with E-state index in [1.807, 2.05) is 0 Å². The number of hydrogen-bond donors (Lipinski definition) is 5. The maximum Gasteiger partial charge on any atom is 0.337 e. The largest absolute Gasteiger partial charge is 0.508 e. The molecule has 2 aliphatic heterocycles. The number of phenolic OH excluding ortho intramolecular Hbond substituents is 1. The zero-order valence-corrected chi connectivity index (χ0v) is 19.8. The van der Waals surface area contributed by atoms with Crippen molar-refractivity contribution in [2.24, 2.45) is 0 Å². The lowest BCUT2D eigenvalue weighted by Gasteiger charge is -2.39. The summed E-state index contributed by atoms with van der Waals surface area (Å²) in [5, 5.41) is 50.2. The SMILES string of the molecule is CC(C)=C[C@@H]1OC(=O)/C(=C\CO[C@H]2O[C@@H](COC(=O)/C=C/c3ccc(O)cc3)[C@H](O)[C@@H](O)[C@@H]2O)[C@H]1O. The second-order valence-electron chi connectivity index (χ2n) is 8.62. The first kappa shape index (κ1) is 27.5. The first-order valence-electron chi connectivity index (χ1n) is 11.3. The monoisotopic (exact) mass is 506 g/mol. The van der Waals surface area contributed by atoms with Crippen LogP contribution in [0.2, 0.25) is 0 Å². The summed E-state index contributed by atoms with van der Waals surface area (Å²) in [6, 6.07) is 6.10. The number of aliphatic hydroxyl groups excluding tert-OH is 4. The molecular weight excluding hydrogens is 476 g/mol. The van der Waals surface area contributed by atoms with Crippen LogP contribution in [0.3, 0.4) is 0 Å². The molecule has 0 amide bonds. The molecule has 5 N–H and O–H groups in total. The fraction of sp³-hybridized carbons (Fsp3) is 0.440. The second-order valence-corrected chi connectivity index (χ2v) is 8.62. The molecule has 2 fully saturated rings. The molecule has 3 rings (SSSR count). The molecular formula is C25H30O11. The van der Waals surface area contributed by atoms with Gasteiger partial charge in [-0.1, -0.05) is 17.7 Å². The third-order valence-corrected chi connectivity index (χ3v) is 5.53. The van der Waals surface area contributed by atoms with Crippen molar-refractivity contribution in [3.05, 3.63) is 59.2 Å². The van der Waals surface area contributed by atoms with Gasteiger partial charge < -0.3 is 44.5 Å². The van der Waals surface area contributed by atoms with Crippen LogP contribution in [0.4, 0.5) is 0 Å². The number of rotatable bonds is 8. The van der Waals surface area contributed by atoms with E-state index < -0.39 is 61.5 Å². The van der Waals surface area contributed by atoms with Gasteiger partial charge in [-0.2, -0.15) is 0 Å². The van der Waals surface area contributed by atoms with Gasteiger partial charge in [0.2, 0.25) is 0 Å². The number of cyclic esters (lactones) is 1. The van der Waals surface area contributed by atoms with Crippen molar-refractivity contribution in [2.75, 3.05) is 13.2 Å². The predicted molar refractivity (Wildman–Crippen MR) is 124 cm³/mol. The van der Waals surface area contributed by atoms with E-state index in [1.165, 1.54) is 24.3 Å². The van der Waals surface area contributed by atoms with Crippen LogP contribution < -0.4 is 0 Å². The summed E-state index contributed by atoms with van der Waals surface area (Å²) in [4.78, 5) is 24.0. The fourth-order valence-electron chi connectivity index (χ4n) is 3.60. The topological polar surface area (TPSA) is 172 Å². The van der Waals surface area contributed by atoms with Gasteiger partial charge in [-0.15, -0.1) is 0 Å². The van der Waals surface area contributed by atoms with E-state index in [-0.39, 0.29) is 17.9 Å². The van der Waals surface area contributed by atoms with Crippen molar-refractivity contribution in [3.8, 4) is 5.75 Å². The zero-order valence-electron chi connectivity index (χ0n) is 19.8. The van der Waals surface area contributed by atoms with Crippen LogP contribution in [0.1, 0.15) is 19.4 Å². The summed E-state index contributed by atoms with van der Waals surface area (Å²) in [7, 11) is 0. The highest BCUT2D eigenvalue weighted by Crippen LogP contribution is 2.25. The van der Waals surface area contributed by atoms with E-state index in [1.54, 1.807) is 32.1 Å². The normalized spacial score (nSPS) is 31.4. The van der Waals surface area contributed by atoms with Crippen molar-refractivity contribution in [1.29, 1.82) is 0 Å². The van der Waals surface area contributed by atoms with Crippen molar-refractivity contribution in [2.45, 2.75) is 56.8 Å². The minimum Gasteiger partial charge on any atom is -0.508 e. The molecule has 0 aromatic heterocycles. The molecule has 0 aliphatic carbocycles. The average molecular weight is 507 g/mol. The van der Waals surface area contributed by atoms with E-state index in [2.05, 4.69) is 0 Å². The van der Waals surface area contributed by atoms with Gasteiger partial charge in [0, 0.05) is 6.08 Å². The van der Waals surface area contributed by atoms with Crippen LogP contribution in [0, 0.1) is 0 Å². The van der Waals surface area contributed by atoms with E-state index >= 15 is 0 Å². The fourth-order valence-corrected chi connectivity index (χ4v) is 3.60. The summed E-state index contributed by atoms with van der Waals surface area (Å²) >= 11 is 0. The van der Waals surface area contributed by atoms with Gasteiger partial charge >= 0.3 is 11.9 Å². The summed E-state index contributed by atoms with van der Waals surface area (Å²) in [6.45, 7) is 2.87. The number of aliphatic hydroxyl groups is 4. The van der Waals surface area contributed by atoms with Crippen molar-refractivity contribution in [1.82, 2.24) is 0 Å². The molecule has 2 aliphatic rings. The third kappa shape index (κ3) is 7.00. The molecule has 0 unspecified atom stereocenters. The molecule has 0 saturated carbocycles. The molecule has 1 aromatic carbocycles. The van der Waals surface area contributed by atoms with E-state index in [0.29, 0.717) is 5.56 Å². The number of allylic oxidation sites excluding steroid dienone is 1. The second kappa shape index (κ2) is 12.3. The Kier molecular flexibility index (Phi) is 9.37. The number of hydrogen-bond acceptors (Lipinski definition) is 11. The van der Waals surface area contributed by atoms with Crippen LogP contribution in [0.25, 0.3) is 6.08 Å². The van der Waals surface area contributed by atoms with Gasteiger partial charge in [-0.05, 0) is 49.8 Å². The maximum absolute atomic E-state index is 12.0. The number of esters is 2. The number of carbonyl (C=O) groups excluding carboxylic acids is 2. The number of ether oxygens (including phenoxy) is 4. The number of phenols is 1. The van der Waals surface area contributed by atoms with Crippen LogP contribution >= 0.6 is 0 Å². The van der Waals surface area contributed by atoms with Crippen molar-refractivity contribution < 1.29 is 54.1 Å². The Hall–Kier alpha value is -3.06. The third-order valence-electron chi connectivity index (χ3n) is 5.53. The van der Waals surface area contributed by atoms with E-state index in [0.717, 1.165) is 11.6 Å². The minimum absolute atomic E-state index is 0.0192. The molecule has 196 valence electrons. The highest BCUT2D eigenvalue weighted by Gasteiger charge is 2.45. The van der Waals surface area contributed by atoms with E-state index in [9.17, 15) is 35.1 Å². The molecule has 2 saturated heterocycles. The van der Waals surface area contributed by atoms with Crippen LogP contribution in [0.5, 0.6) is 5.75 Å². The van der Waals surface area contributed by atoms with Crippen molar-refractivity contribution >= 4 is 18.0 Å². The van der Waals surface area contributed by atoms with Crippen LogP contribution in [-0.4, -0.2) is 93.6 Å². The summed E-state index contributed by atoms with van der Waals surface area (Å²) in [5.74, 6) is -1.38. The Labute approximate surface area is 207 Å². The average Bonchev–Trinajstić information content (AvgIpc) is 3.09. The number of carbonyl (C=O) groups is 2. The zero-order chi connectivity index (χ0) is 26.4. The first-order chi connectivity index (χ1) is 17.1. The molecule has 1 aromatic rings. The molecule has 11 heteroatoms. The Bertz CT molecular complexity index is 1010. The summed E-state index contributed by atoms with van der Waals surface area (Å²) in [6.07, 6.45) is -3.99. The quantitative estimate of drug-likeness (QED) is 0.182. The standard InChI is InChI=1S/C25H30O11/c1-13(2)11-17-20(28)16(24(32)35-17)9-10-33-25-23(31)22(30)21(29)18(36-25)12-34-19(27)8-5-14-3-6-15(26)7-4-14/h3-9,11,17-18,20-23,25-26,28-31H,10,12H2,1-2H3/b8-5+,16-9-/t17-,18-,20+,21-,22+,23-,25-/m0/s1. The smallest absolute Gasteiger partial charge is 0.337 e. The van der Waals surface area contributed by atoms with Gasteiger partial charge in [-0.3, -0.25) is 0 Å². The maximum atomic E-state index is 12.0. The Morgan fingerprint density at radius 1 is 1.06 bits per heavy atom. The van der Waals surface area contributed by atoms with Gasteiger partial charge in [0.1, 0.15) is 42.9 Å². The number of benzene rings is 1. The molecule has 0 radical (unpaired) electrons. The van der Waals surface area contributed by atoms with E-state index in [4.69, 9.17) is 18.9 Å². The number of aromatic hydroxyl groups is 1. The van der Waals surface area contributed by atoms with Crippen molar-refractivity contribution in [3.63, 3.8) is 0 Å². The van der Waals surface area contributed by atoms with Gasteiger partial charge in [-0.25, -0.2) is 9.59 Å². The van der Waals surface area contributed by atoms with Gasteiger partial charge in [0.05, 0.1) is 12.2 Å². The van der Waals surface area contributed by atoms with Gasteiger partial charge in [0.25, 0.3) is 0 Å². The molecule has 7 atom stereocenters. The minimum atomic E-state index is -1.66. The molecule has 0 spiro atoms. The van der Waals surface area contributed by atoms with Crippen LogP contribution in [0.15, 0.2) is 53.6 Å². The lowest BCUT2D eigenvalue weighted by molar-refractivity contribution is -0.299. The summed E-state index contributed by atoms with van der Waals surface area (Å²) < 4.78 is 21.1. The van der Waals surface area contributed by atoms with Crippen LogP contribution in [-0.2, 0) is 28.5 Å². The Morgan fingerprint density at radius 3 is 2.42 bits per heavy atom. The predicted octanol–water partition coefficient (Wildman–Crippen LogP) is -0.0483. The lowest BCUT2D eigenvalue weighted by atomic mass is 9.99. The Morgan fingerprint density at radius 2 is 1.75 bits per heavy atom. The first-order valence-corrected chi connectivity index (χ1v) is 11.3.